The van der Waals surface area contributed by atoms with E-state index in [4.69, 9.17) is 15.2 Å². The van der Waals surface area contributed by atoms with E-state index in [9.17, 15) is 9.18 Å². The van der Waals surface area contributed by atoms with Gasteiger partial charge in [-0.25, -0.2) is 19.4 Å². The Morgan fingerprint density at radius 1 is 1.36 bits per heavy atom. The van der Waals surface area contributed by atoms with Gasteiger partial charge in [-0.05, 0) is 30.7 Å². The number of hydrogen-bond donors (Lipinski definition) is 2. The number of carbonyl (C=O) groups is 1. The third-order valence-corrected chi connectivity index (χ3v) is 3.48. The summed E-state index contributed by atoms with van der Waals surface area (Å²) in [7, 11) is 1.49. The van der Waals surface area contributed by atoms with E-state index in [1.165, 1.54) is 37.6 Å². The molecule has 8 nitrogen and oxygen atoms in total. The third-order valence-electron chi connectivity index (χ3n) is 3.48. The van der Waals surface area contributed by atoms with Gasteiger partial charge in [-0.15, -0.1) is 5.92 Å². The van der Waals surface area contributed by atoms with Crippen LogP contribution < -0.4 is 15.8 Å². The van der Waals surface area contributed by atoms with E-state index in [1.807, 2.05) is 0 Å². The molecule has 0 spiro atoms. The summed E-state index contributed by atoms with van der Waals surface area (Å²) in [6.07, 6.45) is 2.88. The number of aromatic nitrogens is 2. The molecule has 146 valence electrons. The number of benzene rings is 1. The number of amidine groups is 1. The summed E-state index contributed by atoms with van der Waals surface area (Å²) in [6, 6.07) is 4.26. The molecular formula is C19H20FN5O3. The number of anilines is 1. The molecular weight excluding hydrogens is 365 g/mol. The average Bonchev–Trinajstić information content (AvgIpc) is 2.70. The lowest BCUT2D eigenvalue weighted by Gasteiger charge is -2.09. The van der Waals surface area contributed by atoms with Crippen LogP contribution in [0.3, 0.4) is 0 Å². The molecule has 0 saturated carbocycles. The molecule has 1 amide bonds. The van der Waals surface area contributed by atoms with Crippen LogP contribution in [0.25, 0.3) is 0 Å². The van der Waals surface area contributed by atoms with Gasteiger partial charge in [0.05, 0.1) is 19.0 Å². The van der Waals surface area contributed by atoms with Crippen LogP contribution in [0.5, 0.6) is 5.88 Å². The first-order valence-electron chi connectivity index (χ1n) is 8.32. The highest BCUT2D eigenvalue weighted by Crippen LogP contribution is 2.16. The van der Waals surface area contributed by atoms with E-state index < -0.39 is 11.7 Å². The van der Waals surface area contributed by atoms with Crippen LogP contribution in [-0.4, -0.2) is 42.2 Å². The lowest BCUT2D eigenvalue weighted by Crippen LogP contribution is -2.18. The first-order chi connectivity index (χ1) is 13.5. The SMILES string of the molecule is CC#CCOc1cnc(C(=O)Nc2ccc(F)c(CCOC(N)=NC)c2)cn1. The number of halogens is 1. The van der Waals surface area contributed by atoms with E-state index >= 15 is 0 Å². The summed E-state index contributed by atoms with van der Waals surface area (Å²) in [6.45, 7) is 2.05. The Hall–Kier alpha value is -3.67. The van der Waals surface area contributed by atoms with Gasteiger partial charge in [0.1, 0.15) is 11.5 Å². The molecule has 9 heteroatoms. The Balaban J connectivity index is 1.99. The molecule has 0 unspecified atom stereocenters. The molecule has 0 aliphatic carbocycles. The second kappa shape index (κ2) is 10.5. The molecule has 1 aromatic carbocycles. The van der Waals surface area contributed by atoms with Crippen molar-refractivity contribution in [2.24, 2.45) is 10.7 Å². The highest BCUT2D eigenvalue weighted by atomic mass is 19.1. The summed E-state index contributed by atoms with van der Waals surface area (Å²) in [5.74, 6) is 4.79. The average molecular weight is 385 g/mol. The highest BCUT2D eigenvalue weighted by molar-refractivity contribution is 6.02. The zero-order valence-electron chi connectivity index (χ0n) is 15.5. The number of carbonyl (C=O) groups excluding carboxylic acids is 1. The number of rotatable bonds is 7. The minimum absolute atomic E-state index is 0.0256. The summed E-state index contributed by atoms with van der Waals surface area (Å²) >= 11 is 0. The van der Waals surface area contributed by atoms with Crippen molar-refractivity contribution in [2.75, 3.05) is 25.6 Å². The smallest absolute Gasteiger partial charge is 0.281 e. The number of aliphatic imine (C=N–C) groups is 1. The van der Waals surface area contributed by atoms with Gasteiger partial charge in [0, 0.05) is 19.2 Å². The second-order valence-corrected chi connectivity index (χ2v) is 5.38. The van der Waals surface area contributed by atoms with Crippen molar-refractivity contribution in [1.29, 1.82) is 0 Å². The first-order valence-corrected chi connectivity index (χ1v) is 8.32. The van der Waals surface area contributed by atoms with Crippen LogP contribution in [-0.2, 0) is 11.2 Å². The number of hydrogen-bond acceptors (Lipinski definition) is 6. The van der Waals surface area contributed by atoms with Crippen LogP contribution in [0.4, 0.5) is 10.1 Å². The predicted octanol–water partition coefficient (Wildman–Crippen LogP) is 1.77. The molecule has 0 radical (unpaired) electrons. The number of nitrogens with zero attached hydrogens (tertiary/aromatic N) is 3. The van der Waals surface area contributed by atoms with Gasteiger partial charge in [-0.1, -0.05) is 5.92 Å². The largest absolute Gasteiger partial charge is 0.465 e. The normalized spacial score (nSPS) is 10.6. The highest BCUT2D eigenvalue weighted by Gasteiger charge is 2.11. The Morgan fingerprint density at radius 3 is 2.86 bits per heavy atom. The van der Waals surface area contributed by atoms with E-state index in [-0.39, 0.29) is 37.2 Å². The summed E-state index contributed by atoms with van der Waals surface area (Å²) in [5, 5.41) is 2.65. The van der Waals surface area contributed by atoms with Gasteiger partial charge < -0.3 is 20.5 Å². The quantitative estimate of drug-likeness (QED) is 0.427. The van der Waals surface area contributed by atoms with Gasteiger partial charge >= 0.3 is 0 Å². The monoisotopic (exact) mass is 385 g/mol. The molecule has 0 saturated heterocycles. The van der Waals surface area contributed by atoms with Gasteiger partial charge in [0.2, 0.25) is 5.88 Å². The van der Waals surface area contributed by atoms with Gasteiger partial charge in [0.25, 0.3) is 11.9 Å². The number of amides is 1. The third kappa shape index (κ3) is 6.25. The van der Waals surface area contributed by atoms with Gasteiger partial charge in [-0.2, -0.15) is 0 Å². The topological polar surface area (TPSA) is 112 Å². The minimum atomic E-state index is -0.483. The molecule has 1 aromatic heterocycles. The van der Waals surface area contributed by atoms with Gasteiger partial charge in [-0.3, -0.25) is 4.79 Å². The molecule has 0 atom stereocenters. The molecule has 0 fully saturated rings. The molecule has 0 bridgehead atoms. The lowest BCUT2D eigenvalue weighted by atomic mass is 10.1. The van der Waals surface area contributed by atoms with E-state index in [1.54, 1.807) is 6.92 Å². The molecule has 0 aliphatic rings. The fourth-order valence-corrected chi connectivity index (χ4v) is 2.06. The first kappa shape index (κ1) is 20.6. The molecule has 0 aliphatic heterocycles. The Bertz CT molecular complexity index is 904. The van der Waals surface area contributed by atoms with Crippen molar-refractivity contribution < 1.29 is 18.7 Å². The lowest BCUT2D eigenvalue weighted by molar-refractivity contribution is 0.102. The molecule has 2 aromatic rings. The Kier molecular flexibility index (Phi) is 7.72. The summed E-state index contributed by atoms with van der Waals surface area (Å²) < 4.78 is 24.3. The number of nitrogens with two attached hydrogens (primary N) is 1. The number of ether oxygens (including phenoxy) is 2. The van der Waals surface area contributed by atoms with Crippen molar-refractivity contribution in [1.82, 2.24) is 9.97 Å². The van der Waals surface area contributed by atoms with Crippen molar-refractivity contribution in [3.63, 3.8) is 0 Å². The van der Waals surface area contributed by atoms with E-state index in [0.29, 0.717) is 11.3 Å². The number of nitrogens with one attached hydrogen (secondary N) is 1. The minimum Gasteiger partial charge on any atom is -0.465 e. The molecule has 2 rings (SSSR count). The van der Waals surface area contributed by atoms with Crippen molar-refractivity contribution >= 4 is 17.6 Å². The van der Waals surface area contributed by atoms with Crippen LogP contribution in [0, 0.1) is 17.7 Å². The molecule has 28 heavy (non-hydrogen) atoms. The second-order valence-electron chi connectivity index (χ2n) is 5.38. The zero-order valence-corrected chi connectivity index (χ0v) is 15.5. The standard InChI is InChI=1S/C19H20FN5O3/c1-3-4-8-27-17-12-23-16(11-24-17)18(26)25-14-5-6-15(20)13(10-14)7-9-28-19(21)22-2/h5-6,10-12H,7-9H2,1-2H3,(H2,21,22)(H,25,26). The molecule has 1 heterocycles. The van der Waals surface area contributed by atoms with E-state index in [2.05, 4.69) is 32.1 Å². The van der Waals surface area contributed by atoms with Crippen molar-refractivity contribution in [2.45, 2.75) is 13.3 Å². The zero-order chi connectivity index (χ0) is 20.4. The molecule has 3 N–H and O–H groups in total. The van der Waals surface area contributed by atoms with E-state index in [0.717, 1.165) is 0 Å². The summed E-state index contributed by atoms with van der Waals surface area (Å²) in [4.78, 5) is 23.9. The maximum atomic E-state index is 13.9. The van der Waals surface area contributed by atoms with Crippen LogP contribution in [0.15, 0.2) is 35.6 Å². The van der Waals surface area contributed by atoms with Gasteiger partial charge in [0.15, 0.2) is 6.61 Å². The van der Waals surface area contributed by atoms with Crippen molar-refractivity contribution in [3.8, 4) is 17.7 Å². The predicted molar refractivity (Wildman–Crippen MR) is 103 cm³/mol. The fourth-order valence-electron chi connectivity index (χ4n) is 2.06. The summed E-state index contributed by atoms with van der Waals surface area (Å²) in [5.41, 5.74) is 6.31. The maximum absolute atomic E-state index is 13.9. The fraction of sp³-hybridized carbons (Fsp3) is 0.263. The Morgan fingerprint density at radius 2 is 2.18 bits per heavy atom. The Labute approximate surface area is 162 Å². The van der Waals surface area contributed by atoms with Crippen LogP contribution >= 0.6 is 0 Å². The maximum Gasteiger partial charge on any atom is 0.281 e. The van der Waals surface area contributed by atoms with Crippen molar-refractivity contribution in [3.05, 3.63) is 47.7 Å². The van der Waals surface area contributed by atoms with Crippen LogP contribution in [0.2, 0.25) is 0 Å². The van der Waals surface area contributed by atoms with Crippen LogP contribution in [0.1, 0.15) is 23.0 Å².